The van der Waals surface area contributed by atoms with Gasteiger partial charge in [0.25, 0.3) is 0 Å². The maximum absolute atomic E-state index is 5.90. The third-order valence-electron chi connectivity index (χ3n) is 4.22. The number of hydrogen-bond acceptors (Lipinski definition) is 3. The van der Waals surface area contributed by atoms with E-state index in [-0.39, 0.29) is 0 Å². The molecule has 0 fully saturated rings. The number of fused-ring (bicyclic) bond motifs is 3. The molecule has 0 unspecified atom stereocenters. The molecule has 0 aliphatic carbocycles. The van der Waals surface area contributed by atoms with Crippen LogP contribution < -0.4 is 4.74 Å². The van der Waals surface area contributed by atoms with Gasteiger partial charge in [-0.2, -0.15) is 0 Å². The van der Waals surface area contributed by atoms with Crippen molar-refractivity contribution < 1.29 is 4.74 Å². The Balaban J connectivity index is 1.91. The van der Waals surface area contributed by atoms with E-state index in [9.17, 15) is 0 Å². The molecule has 0 aliphatic heterocycles. The van der Waals surface area contributed by atoms with Crippen molar-refractivity contribution in [3.63, 3.8) is 0 Å². The SMILES string of the molecule is CCCCOc1ccc2c(c1)c(-c1ccccc1)cc1nncn12. The number of rotatable bonds is 5. The highest BCUT2D eigenvalue weighted by Crippen LogP contribution is 2.32. The summed E-state index contributed by atoms with van der Waals surface area (Å²) in [4.78, 5) is 0. The van der Waals surface area contributed by atoms with Crippen molar-refractivity contribution in [2.45, 2.75) is 19.8 Å². The van der Waals surface area contributed by atoms with E-state index in [1.54, 1.807) is 6.33 Å². The third-order valence-corrected chi connectivity index (χ3v) is 4.22. The fraction of sp³-hybridized carbons (Fsp3) is 0.200. The molecule has 0 N–H and O–H groups in total. The Kier molecular flexibility index (Phi) is 3.87. The van der Waals surface area contributed by atoms with E-state index in [2.05, 4.69) is 59.6 Å². The van der Waals surface area contributed by atoms with Crippen molar-refractivity contribution in [2.24, 2.45) is 0 Å². The van der Waals surface area contributed by atoms with Crippen LogP contribution in [0.1, 0.15) is 19.8 Å². The fourth-order valence-electron chi connectivity index (χ4n) is 2.96. The lowest BCUT2D eigenvalue weighted by Crippen LogP contribution is -1.97. The molecule has 4 nitrogen and oxygen atoms in total. The number of nitrogens with zero attached hydrogens (tertiary/aromatic N) is 3. The van der Waals surface area contributed by atoms with Crippen molar-refractivity contribution in [3.8, 4) is 16.9 Å². The molecule has 0 atom stereocenters. The summed E-state index contributed by atoms with van der Waals surface area (Å²) >= 11 is 0. The van der Waals surface area contributed by atoms with Gasteiger partial charge in [-0.05, 0) is 41.8 Å². The van der Waals surface area contributed by atoms with E-state index in [1.807, 2.05) is 16.5 Å². The van der Waals surface area contributed by atoms with Crippen molar-refractivity contribution in [1.82, 2.24) is 14.6 Å². The van der Waals surface area contributed by atoms with Gasteiger partial charge in [-0.1, -0.05) is 43.7 Å². The first-order valence-corrected chi connectivity index (χ1v) is 8.31. The molecule has 4 heteroatoms. The van der Waals surface area contributed by atoms with Crippen LogP contribution >= 0.6 is 0 Å². The Morgan fingerprint density at radius 2 is 1.92 bits per heavy atom. The molecule has 2 heterocycles. The van der Waals surface area contributed by atoms with Crippen LogP contribution in [0, 0.1) is 0 Å². The van der Waals surface area contributed by atoms with E-state index < -0.39 is 0 Å². The van der Waals surface area contributed by atoms with E-state index in [1.165, 1.54) is 5.56 Å². The van der Waals surface area contributed by atoms with Crippen molar-refractivity contribution in [3.05, 3.63) is 60.9 Å². The zero-order chi connectivity index (χ0) is 16.4. The Labute approximate surface area is 140 Å². The lowest BCUT2D eigenvalue weighted by atomic mass is 10.0. The molecule has 4 rings (SSSR count). The van der Waals surface area contributed by atoms with E-state index >= 15 is 0 Å². The Morgan fingerprint density at radius 1 is 1.04 bits per heavy atom. The van der Waals surface area contributed by atoms with Crippen LogP contribution in [0.15, 0.2) is 60.9 Å². The van der Waals surface area contributed by atoms with Gasteiger partial charge in [0.1, 0.15) is 12.1 Å². The molecule has 0 amide bonds. The minimum absolute atomic E-state index is 0.748. The number of benzene rings is 2. The van der Waals surface area contributed by atoms with Gasteiger partial charge in [0.2, 0.25) is 0 Å². The molecule has 0 saturated carbocycles. The maximum atomic E-state index is 5.90. The fourth-order valence-corrected chi connectivity index (χ4v) is 2.96. The average molecular weight is 317 g/mol. The summed E-state index contributed by atoms with van der Waals surface area (Å²) in [6, 6.07) is 18.7. The smallest absolute Gasteiger partial charge is 0.161 e. The molecule has 4 aromatic rings. The van der Waals surface area contributed by atoms with Gasteiger partial charge in [0.05, 0.1) is 12.1 Å². The number of hydrogen-bond donors (Lipinski definition) is 0. The molecule has 120 valence electrons. The predicted octanol–water partition coefficient (Wildman–Crippen LogP) is 4.73. The summed E-state index contributed by atoms with van der Waals surface area (Å²) in [7, 11) is 0. The van der Waals surface area contributed by atoms with Crippen molar-refractivity contribution >= 4 is 16.6 Å². The first-order chi connectivity index (χ1) is 11.9. The van der Waals surface area contributed by atoms with Gasteiger partial charge < -0.3 is 4.74 Å². The molecule has 0 spiro atoms. The van der Waals surface area contributed by atoms with Crippen molar-refractivity contribution in [2.75, 3.05) is 6.61 Å². The van der Waals surface area contributed by atoms with Crippen LogP contribution in [-0.4, -0.2) is 21.2 Å². The van der Waals surface area contributed by atoms with E-state index in [0.29, 0.717) is 0 Å². The minimum Gasteiger partial charge on any atom is -0.494 e. The van der Waals surface area contributed by atoms with Gasteiger partial charge in [0.15, 0.2) is 5.65 Å². The molecule has 0 saturated heterocycles. The highest BCUT2D eigenvalue weighted by molar-refractivity contribution is 5.97. The molecule has 24 heavy (non-hydrogen) atoms. The average Bonchev–Trinajstić information content (AvgIpc) is 3.10. The van der Waals surface area contributed by atoms with Gasteiger partial charge in [-0.25, -0.2) is 0 Å². The van der Waals surface area contributed by atoms with Crippen LogP contribution in [-0.2, 0) is 0 Å². The highest BCUT2D eigenvalue weighted by Gasteiger charge is 2.10. The molecule has 0 radical (unpaired) electrons. The third kappa shape index (κ3) is 2.60. The molecular formula is C20H19N3O. The summed E-state index contributed by atoms with van der Waals surface area (Å²) in [5.41, 5.74) is 4.24. The van der Waals surface area contributed by atoms with Gasteiger partial charge in [-0.3, -0.25) is 4.40 Å². The van der Waals surface area contributed by atoms with Crippen LogP contribution in [0.3, 0.4) is 0 Å². The number of ether oxygens (including phenoxy) is 1. The van der Waals surface area contributed by atoms with Gasteiger partial charge in [0, 0.05) is 5.39 Å². The second-order valence-electron chi connectivity index (χ2n) is 5.86. The molecular weight excluding hydrogens is 298 g/mol. The molecule has 2 aromatic carbocycles. The van der Waals surface area contributed by atoms with Gasteiger partial charge >= 0.3 is 0 Å². The Morgan fingerprint density at radius 3 is 2.75 bits per heavy atom. The lowest BCUT2D eigenvalue weighted by molar-refractivity contribution is 0.310. The first kappa shape index (κ1) is 14.7. The Bertz CT molecular complexity index is 976. The number of unbranched alkanes of at least 4 members (excludes halogenated alkanes) is 1. The van der Waals surface area contributed by atoms with E-state index in [4.69, 9.17) is 4.74 Å². The largest absolute Gasteiger partial charge is 0.494 e. The van der Waals surface area contributed by atoms with Crippen LogP contribution in [0.2, 0.25) is 0 Å². The molecule has 0 aliphatic rings. The molecule has 0 bridgehead atoms. The van der Waals surface area contributed by atoms with E-state index in [0.717, 1.165) is 47.3 Å². The normalized spacial score (nSPS) is 11.2. The summed E-state index contributed by atoms with van der Waals surface area (Å²) in [5, 5.41) is 9.41. The van der Waals surface area contributed by atoms with Crippen LogP contribution in [0.5, 0.6) is 5.75 Å². The van der Waals surface area contributed by atoms with Crippen molar-refractivity contribution in [1.29, 1.82) is 0 Å². The lowest BCUT2D eigenvalue weighted by Gasteiger charge is -2.12. The highest BCUT2D eigenvalue weighted by atomic mass is 16.5. The number of aromatic nitrogens is 3. The zero-order valence-electron chi connectivity index (χ0n) is 13.6. The predicted molar refractivity (Wildman–Crippen MR) is 96.3 cm³/mol. The van der Waals surface area contributed by atoms with Crippen LogP contribution in [0.4, 0.5) is 0 Å². The second kappa shape index (κ2) is 6.32. The number of pyridine rings is 1. The summed E-state index contributed by atoms with van der Waals surface area (Å²) in [6.45, 7) is 2.91. The summed E-state index contributed by atoms with van der Waals surface area (Å²) in [5.74, 6) is 0.903. The van der Waals surface area contributed by atoms with Gasteiger partial charge in [-0.15, -0.1) is 10.2 Å². The minimum atomic E-state index is 0.748. The topological polar surface area (TPSA) is 39.4 Å². The monoisotopic (exact) mass is 317 g/mol. The van der Waals surface area contributed by atoms with Crippen LogP contribution in [0.25, 0.3) is 27.7 Å². The standard InChI is InChI=1S/C20H19N3O/c1-2-3-11-24-16-9-10-19-18(12-16)17(15-7-5-4-6-8-15)13-20-22-21-14-23(19)20/h4-10,12-14H,2-3,11H2,1H3. The quantitative estimate of drug-likeness (QED) is 0.500. The Hall–Kier alpha value is -2.88. The first-order valence-electron chi connectivity index (χ1n) is 8.31. The zero-order valence-corrected chi connectivity index (χ0v) is 13.6. The summed E-state index contributed by atoms with van der Waals surface area (Å²) in [6.07, 6.45) is 3.95. The second-order valence-corrected chi connectivity index (χ2v) is 5.86. The summed E-state index contributed by atoms with van der Waals surface area (Å²) < 4.78 is 7.91. The maximum Gasteiger partial charge on any atom is 0.161 e. The molecule has 2 aromatic heterocycles.